The van der Waals surface area contributed by atoms with Crippen molar-refractivity contribution in [2.45, 2.75) is 25.9 Å². The maximum absolute atomic E-state index is 4.48. The summed E-state index contributed by atoms with van der Waals surface area (Å²) < 4.78 is 5.40. The van der Waals surface area contributed by atoms with Crippen LogP contribution in [0.5, 0.6) is 0 Å². The molecule has 2 rings (SSSR count). The van der Waals surface area contributed by atoms with Crippen LogP contribution in [-0.2, 0) is 0 Å². The Morgan fingerprint density at radius 1 is 1.30 bits per heavy atom. The molecule has 1 unspecified atom stereocenters. The van der Waals surface area contributed by atoms with E-state index in [1.54, 1.807) is 0 Å². The molecule has 108 valence electrons. The molecule has 0 bridgehead atoms. The van der Waals surface area contributed by atoms with Crippen LogP contribution in [0.15, 0.2) is 33.3 Å². The highest BCUT2D eigenvalue weighted by molar-refractivity contribution is 14.1. The molecule has 0 aliphatic heterocycles. The van der Waals surface area contributed by atoms with Gasteiger partial charge in [0.15, 0.2) is 0 Å². The molecule has 0 fully saturated rings. The fourth-order valence-corrected chi connectivity index (χ4v) is 3.74. The minimum atomic E-state index is 0.0960. The van der Waals surface area contributed by atoms with E-state index in [2.05, 4.69) is 102 Å². The normalized spacial score (nSPS) is 12.9. The maximum atomic E-state index is 4.48. The molecule has 0 spiro atoms. The summed E-state index contributed by atoms with van der Waals surface area (Å²) in [7, 11) is 1.98. The molecule has 0 amide bonds. The number of rotatable bonds is 4. The first kappa shape index (κ1) is 16.5. The molecule has 0 radical (unpaired) electrons. The van der Waals surface area contributed by atoms with E-state index in [9.17, 15) is 0 Å². The summed E-state index contributed by atoms with van der Waals surface area (Å²) >= 11 is 9.56. The van der Waals surface area contributed by atoms with Crippen molar-refractivity contribution >= 4 is 54.5 Å². The zero-order chi connectivity index (χ0) is 14.9. The van der Waals surface area contributed by atoms with Gasteiger partial charge in [0.05, 0.1) is 22.4 Å². The van der Waals surface area contributed by atoms with Crippen LogP contribution in [0.2, 0.25) is 0 Å². The molecule has 1 atom stereocenters. The molecule has 1 N–H and O–H groups in total. The minimum Gasteiger partial charge on any atom is -0.308 e. The van der Waals surface area contributed by atoms with Gasteiger partial charge in [-0.25, -0.2) is 0 Å². The minimum absolute atomic E-state index is 0.0960. The number of nitrogens with zero attached hydrogens (tertiary/aromatic N) is 2. The standard InChI is InChI=1S/C14H16Br2IN3/c1-8(2)20-14(11(16)7-19-20)13(18-3)10-6-9(15)4-5-12(10)17/h4-8,13,18H,1-3H3. The van der Waals surface area contributed by atoms with Crippen LogP contribution in [0.25, 0.3) is 0 Å². The first-order valence-electron chi connectivity index (χ1n) is 6.30. The van der Waals surface area contributed by atoms with Gasteiger partial charge in [-0.1, -0.05) is 15.9 Å². The van der Waals surface area contributed by atoms with Crippen molar-refractivity contribution in [2.75, 3.05) is 7.05 Å². The van der Waals surface area contributed by atoms with Crippen molar-refractivity contribution in [1.82, 2.24) is 15.1 Å². The Bertz CT molecular complexity index is 610. The van der Waals surface area contributed by atoms with Gasteiger partial charge >= 0.3 is 0 Å². The van der Waals surface area contributed by atoms with Gasteiger partial charge in [0.1, 0.15) is 0 Å². The van der Waals surface area contributed by atoms with E-state index in [0.717, 1.165) is 14.6 Å². The summed E-state index contributed by atoms with van der Waals surface area (Å²) in [4.78, 5) is 0. The summed E-state index contributed by atoms with van der Waals surface area (Å²) in [6.07, 6.45) is 1.87. The lowest BCUT2D eigenvalue weighted by molar-refractivity contribution is 0.482. The Morgan fingerprint density at radius 3 is 2.60 bits per heavy atom. The first-order valence-corrected chi connectivity index (χ1v) is 8.97. The average molecular weight is 513 g/mol. The molecule has 2 aromatic rings. The lowest BCUT2D eigenvalue weighted by Gasteiger charge is -2.22. The van der Waals surface area contributed by atoms with Crippen LogP contribution in [-0.4, -0.2) is 16.8 Å². The zero-order valence-corrected chi connectivity index (χ0v) is 16.8. The van der Waals surface area contributed by atoms with Gasteiger partial charge in [-0.05, 0) is 83.2 Å². The Hall–Kier alpha value is 0.0800. The SMILES string of the molecule is CNC(c1cc(Br)ccc1I)c1c(Br)cnn1C(C)C. The zero-order valence-electron chi connectivity index (χ0n) is 11.5. The Labute approximate surface area is 149 Å². The van der Waals surface area contributed by atoms with Gasteiger partial charge in [0.2, 0.25) is 0 Å². The number of halogens is 3. The predicted molar refractivity (Wildman–Crippen MR) is 98.1 cm³/mol. The molecule has 0 aliphatic carbocycles. The van der Waals surface area contributed by atoms with Crippen LogP contribution < -0.4 is 5.32 Å². The van der Waals surface area contributed by atoms with E-state index < -0.39 is 0 Å². The Morgan fingerprint density at radius 2 is 2.00 bits per heavy atom. The van der Waals surface area contributed by atoms with Gasteiger partial charge < -0.3 is 5.32 Å². The van der Waals surface area contributed by atoms with Crippen LogP contribution >= 0.6 is 54.5 Å². The molecule has 0 saturated heterocycles. The first-order chi connectivity index (χ1) is 9.45. The van der Waals surface area contributed by atoms with Crippen LogP contribution in [0, 0.1) is 3.57 Å². The average Bonchev–Trinajstić information content (AvgIpc) is 2.77. The van der Waals surface area contributed by atoms with Crippen LogP contribution in [0.1, 0.15) is 37.2 Å². The molecule has 3 nitrogen and oxygen atoms in total. The Kier molecular flexibility index (Phi) is 5.67. The molecule has 20 heavy (non-hydrogen) atoms. The van der Waals surface area contributed by atoms with E-state index in [1.165, 1.54) is 9.13 Å². The summed E-state index contributed by atoms with van der Waals surface area (Å²) in [6, 6.07) is 6.75. The maximum Gasteiger partial charge on any atom is 0.0768 e. The van der Waals surface area contributed by atoms with Crippen molar-refractivity contribution in [3.63, 3.8) is 0 Å². The van der Waals surface area contributed by atoms with Crippen LogP contribution in [0.3, 0.4) is 0 Å². The van der Waals surface area contributed by atoms with E-state index in [4.69, 9.17) is 0 Å². The van der Waals surface area contributed by atoms with Crippen molar-refractivity contribution in [1.29, 1.82) is 0 Å². The van der Waals surface area contributed by atoms with Crippen LogP contribution in [0.4, 0.5) is 0 Å². The van der Waals surface area contributed by atoms with Gasteiger partial charge in [0, 0.05) is 14.1 Å². The summed E-state index contributed by atoms with van der Waals surface area (Å²) in [5.41, 5.74) is 2.39. The second-order valence-electron chi connectivity index (χ2n) is 4.80. The molecule has 0 aliphatic rings. The third-order valence-corrected chi connectivity index (χ3v) is 5.19. The van der Waals surface area contributed by atoms with Gasteiger partial charge in [0.25, 0.3) is 0 Å². The number of hydrogen-bond donors (Lipinski definition) is 1. The monoisotopic (exact) mass is 511 g/mol. The second-order valence-corrected chi connectivity index (χ2v) is 7.74. The molecular weight excluding hydrogens is 497 g/mol. The largest absolute Gasteiger partial charge is 0.308 e. The molecule has 1 aromatic heterocycles. The highest BCUT2D eigenvalue weighted by atomic mass is 127. The van der Waals surface area contributed by atoms with Gasteiger partial charge in [-0.3, -0.25) is 4.68 Å². The fraction of sp³-hybridized carbons (Fsp3) is 0.357. The summed E-state index contributed by atoms with van der Waals surface area (Å²) in [5, 5.41) is 7.89. The third kappa shape index (κ3) is 3.28. The number of benzene rings is 1. The number of hydrogen-bond acceptors (Lipinski definition) is 2. The predicted octanol–water partition coefficient (Wildman–Crippen LogP) is 4.90. The van der Waals surface area contributed by atoms with Crippen molar-refractivity contribution in [3.05, 3.63) is 48.2 Å². The van der Waals surface area contributed by atoms with Crippen molar-refractivity contribution < 1.29 is 0 Å². The highest BCUT2D eigenvalue weighted by Crippen LogP contribution is 2.33. The molecular formula is C14H16Br2IN3. The molecule has 1 heterocycles. The smallest absolute Gasteiger partial charge is 0.0768 e. The summed E-state index contributed by atoms with van der Waals surface area (Å²) in [5.74, 6) is 0. The quantitative estimate of drug-likeness (QED) is 0.590. The van der Waals surface area contributed by atoms with Crippen molar-refractivity contribution in [2.24, 2.45) is 0 Å². The second kappa shape index (κ2) is 6.89. The van der Waals surface area contributed by atoms with Crippen molar-refractivity contribution in [3.8, 4) is 0 Å². The number of aromatic nitrogens is 2. The van der Waals surface area contributed by atoms with E-state index in [-0.39, 0.29) is 6.04 Å². The lowest BCUT2D eigenvalue weighted by atomic mass is 10.0. The third-order valence-electron chi connectivity index (χ3n) is 3.11. The summed E-state index contributed by atoms with van der Waals surface area (Å²) in [6.45, 7) is 4.28. The fourth-order valence-electron chi connectivity index (χ4n) is 2.21. The molecule has 1 aromatic carbocycles. The highest BCUT2D eigenvalue weighted by Gasteiger charge is 2.23. The van der Waals surface area contributed by atoms with E-state index >= 15 is 0 Å². The van der Waals surface area contributed by atoms with E-state index in [1.807, 2.05) is 13.2 Å². The molecule has 0 saturated carbocycles. The van der Waals surface area contributed by atoms with Gasteiger partial charge in [-0.15, -0.1) is 0 Å². The Balaban J connectivity index is 2.58. The lowest BCUT2D eigenvalue weighted by Crippen LogP contribution is -2.23. The number of nitrogens with one attached hydrogen (secondary N) is 1. The topological polar surface area (TPSA) is 29.9 Å². The van der Waals surface area contributed by atoms with E-state index in [0.29, 0.717) is 6.04 Å². The van der Waals surface area contributed by atoms with Gasteiger partial charge in [-0.2, -0.15) is 5.10 Å². The molecule has 6 heteroatoms.